The molecule has 1 aliphatic heterocycles. The molecule has 1 amide bonds. The molecule has 1 saturated heterocycles. The Bertz CT molecular complexity index is 1060. The van der Waals surface area contributed by atoms with Crippen molar-refractivity contribution in [2.45, 2.75) is 39.7 Å². The Kier molecular flexibility index (Phi) is 6.07. The smallest absolute Gasteiger partial charge is 0.263 e. The van der Waals surface area contributed by atoms with Crippen LogP contribution in [0.1, 0.15) is 37.9 Å². The number of hydrogen-bond donors (Lipinski definition) is 0. The van der Waals surface area contributed by atoms with Gasteiger partial charge in [-0.15, -0.1) is 0 Å². The fraction of sp³-hybridized carbons (Fsp3) is 0.400. The number of hydrogen-bond acceptors (Lipinski definition) is 5. The molecule has 0 N–H and O–H groups in total. The number of piperazine rings is 1. The zero-order valence-corrected chi connectivity index (χ0v) is 18.7. The van der Waals surface area contributed by atoms with Crippen molar-refractivity contribution in [2.75, 3.05) is 31.1 Å². The van der Waals surface area contributed by atoms with Gasteiger partial charge in [0.15, 0.2) is 11.9 Å². The second-order valence-corrected chi connectivity index (χ2v) is 8.42. The first-order chi connectivity index (χ1) is 14.9. The number of anilines is 1. The van der Waals surface area contributed by atoms with Crippen LogP contribution < -0.4 is 9.64 Å². The molecule has 31 heavy (non-hydrogen) atoms. The maximum absolute atomic E-state index is 12.9. The van der Waals surface area contributed by atoms with E-state index in [9.17, 15) is 4.79 Å². The number of aryl methyl sites for hydroxylation is 1. The fourth-order valence-corrected chi connectivity index (χ4v) is 3.96. The maximum atomic E-state index is 12.9. The summed E-state index contributed by atoms with van der Waals surface area (Å²) < 4.78 is 5.92. The van der Waals surface area contributed by atoms with Gasteiger partial charge in [0.25, 0.3) is 5.91 Å². The summed E-state index contributed by atoms with van der Waals surface area (Å²) in [5.74, 6) is 2.13. The van der Waals surface area contributed by atoms with Gasteiger partial charge in [-0.1, -0.05) is 38.1 Å². The molecule has 4 rings (SSSR count). The minimum Gasteiger partial charge on any atom is -0.481 e. The lowest BCUT2D eigenvalue weighted by Gasteiger charge is -2.36. The topological polar surface area (TPSA) is 58.6 Å². The van der Waals surface area contributed by atoms with E-state index in [4.69, 9.17) is 14.7 Å². The molecule has 1 unspecified atom stereocenters. The third kappa shape index (κ3) is 4.63. The second kappa shape index (κ2) is 8.92. The van der Waals surface area contributed by atoms with Gasteiger partial charge in [0, 0.05) is 26.2 Å². The molecule has 0 aliphatic carbocycles. The first-order valence-electron chi connectivity index (χ1n) is 11.0. The largest absolute Gasteiger partial charge is 0.481 e. The van der Waals surface area contributed by atoms with Crippen molar-refractivity contribution in [3.05, 3.63) is 59.8 Å². The highest BCUT2D eigenvalue weighted by molar-refractivity contribution is 5.81. The van der Waals surface area contributed by atoms with Gasteiger partial charge in [-0.2, -0.15) is 0 Å². The zero-order chi connectivity index (χ0) is 22.0. The standard InChI is InChI=1S/C25H30N4O2/c1-17(2)20-9-11-21(12-10-20)31-19(4)25(30)29-15-13-28(14-16-29)24-18(3)26-22-7-5-6-8-23(22)27-24/h5-12,17,19H,13-16H2,1-4H3. The van der Waals surface area contributed by atoms with Crippen molar-refractivity contribution in [1.82, 2.24) is 14.9 Å². The number of nitrogens with zero attached hydrogens (tertiary/aromatic N) is 4. The minimum atomic E-state index is -0.515. The van der Waals surface area contributed by atoms with E-state index in [-0.39, 0.29) is 5.91 Å². The number of benzene rings is 2. The van der Waals surface area contributed by atoms with E-state index in [1.165, 1.54) is 5.56 Å². The van der Waals surface area contributed by atoms with Crippen molar-refractivity contribution in [1.29, 1.82) is 0 Å². The van der Waals surface area contributed by atoms with Crippen LogP contribution in [-0.4, -0.2) is 53.1 Å². The summed E-state index contributed by atoms with van der Waals surface area (Å²) in [6.07, 6.45) is -0.515. The molecule has 2 aromatic carbocycles. The van der Waals surface area contributed by atoms with Gasteiger partial charge in [0.2, 0.25) is 0 Å². The molecule has 0 radical (unpaired) electrons. The Morgan fingerprint density at radius 2 is 1.52 bits per heavy atom. The number of ether oxygens (including phenoxy) is 1. The number of para-hydroxylation sites is 2. The van der Waals surface area contributed by atoms with Crippen LogP contribution in [0.25, 0.3) is 11.0 Å². The second-order valence-electron chi connectivity index (χ2n) is 8.42. The number of amides is 1. The van der Waals surface area contributed by atoms with Crippen LogP contribution in [0.15, 0.2) is 48.5 Å². The summed E-state index contributed by atoms with van der Waals surface area (Å²) in [5, 5.41) is 0. The highest BCUT2D eigenvalue weighted by atomic mass is 16.5. The van der Waals surface area contributed by atoms with Gasteiger partial charge in [0.05, 0.1) is 16.7 Å². The Labute approximate surface area is 183 Å². The van der Waals surface area contributed by atoms with E-state index in [0.29, 0.717) is 19.0 Å². The average molecular weight is 419 g/mol. The first-order valence-corrected chi connectivity index (χ1v) is 11.0. The summed E-state index contributed by atoms with van der Waals surface area (Å²) >= 11 is 0. The highest BCUT2D eigenvalue weighted by Gasteiger charge is 2.27. The van der Waals surface area contributed by atoms with Gasteiger partial charge in [-0.25, -0.2) is 9.97 Å². The fourth-order valence-electron chi connectivity index (χ4n) is 3.96. The van der Waals surface area contributed by atoms with Crippen molar-refractivity contribution in [3.8, 4) is 5.75 Å². The molecule has 6 heteroatoms. The predicted molar refractivity (Wildman–Crippen MR) is 124 cm³/mol. The monoisotopic (exact) mass is 418 g/mol. The van der Waals surface area contributed by atoms with Crippen LogP contribution in [0.2, 0.25) is 0 Å². The molecular weight excluding hydrogens is 388 g/mol. The summed E-state index contributed by atoms with van der Waals surface area (Å²) in [4.78, 5) is 26.5. The van der Waals surface area contributed by atoms with E-state index in [0.717, 1.165) is 41.4 Å². The van der Waals surface area contributed by atoms with Crippen LogP contribution in [0.5, 0.6) is 5.75 Å². The molecule has 1 atom stereocenters. The third-order valence-corrected chi connectivity index (χ3v) is 5.82. The summed E-state index contributed by atoms with van der Waals surface area (Å²) in [6, 6.07) is 15.9. The summed E-state index contributed by atoms with van der Waals surface area (Å²) in [5.41, 5.74) is 3.98. The van der Waals surface area contributed by atoms with Gasteiger partial charge >= 0.3 is 0 Å². The Morgan fingerprint density at radius 1 is 0.903 bits per heavy atom. The summed E-state index contributed by atoms with van der Waals surface area (Å²) in [6.45, 7) is 10.9. The van der Waals surface area contributed by atoms with E-state index in [1.807, 2.05) is 55.1 Å². The number of fused-ring (bicyclic) bond motifs is 1. The number of carbonyl (C=O) groups excluding carboxylic acids is 1. The molecule has 1 fully saturated rings. The number of carbonyl (C=O) groups is 1. The molecule has 1 aromatic heterocycles. The van der Waals surface area contributed by atoms with Gasteiger partial charge < -0.3 is 14.5 Å². The van der Waals surface area contributed by atoms with Crippen molar-refractivity contribution < 1.29 is 9.53 Å². The van der Waals surface area contributed by atoms with Crippen molar-refractivity contribution in [3.63, 3.8) is 0 Å². The number of aromatic nitrogens is 2. The van der Waals surface area contributed by atoms with Gasteiger partial charge in [-0.05, 0) is 49.6 Å². The van der Waals surface area contributed by atoms with E-state index < -0.39 is 6.10 Å². The van der Waals surface area contributed by atoms with Crippen LogP contribution in [0, 0.1) is 6.92 Å². The van der Waals surface area contributed by atoms with Gasteiger partial charge in [-0.3, -0.25) is 4.79 Å². The van der Waals surface area contributed by atoms with Crippen LogP contribution in [0.3, 0.4) is 0 Å². The molecule has 0 saturated carbocycles. The molecule has 6 nitrogen and oxygen atoms in total. The first kappa shape index (κ1) is 21.1. The predicted octanol–water partition coefficient (Wildman–Crippen LogP) is 4.18. The Balaban J connectivity index is 1.37. The van der Waals surface area contributed by atoms with Crippen molar-refractivity contribution in [2.24, 2.45) is 0 Å². The zero-order valence-electron chi connectivity index (χ0n) is 18.7. The van der Waals surface area contributed by atoms with Crippen LogP contribution in [-0.2, 0) is 4.79 Å². The average Bonchev–Trinajstić information content (AvgIpc) is 2.78. The quantitative estimate of drug-likeness (QED) is 0.622. The lowest BCUT2D eigenvalue weighted by Crippen LogP contribution is -2.52. The normalized spacial score (nSPS) is 15.4. The molecule has 2 heterocycles. The summed E-state index contributed by atoms with van der Waals surface area (Å²) in [7, 11) is 0. The molecule has 0 spiro atoms. The van der Waals surface area contributed by atoms with E-state index in [1.54, 1.807) is 0 Å². The minimum absolute atomic E-state index is 0.0221. The van der Waals surface area contributed by atoms with Gasteiger partial charge in [0.1, 0.15) is 5.75 Å². The maximum Gasteiger partial charge on any atom is 0.263 e. The highest BCUT2D eigenvalue weighted by Crippen LogP contribution is 2.22. The van der Waals surface area contributed by atoms with E-state index >= 15 is 0 Å². The molecule has 3 aromatic rings. The SMILES string of the molecule is Cc1nc2ccccc2nc1N1CCN(C(=O)C(C)Oc2ccc(C(C)C)cc2)CC1. The lowest BCUT2D eigenvalue weighted by atomic mass is 10.0. The molecule has 1 aliphatic rings. The van der Waals surface area contributed by atoms with Crippen molar-refractivity contribution >= 4 is 22.8 Å². The lowest BCUT2D eigenvalue weighted by molar-refractivity contribution is -0.138. The molecular formula is C25H30N4O2. The molecule has 162 valence electrons. The Hall–Kier alpha value is -3.15. The van der Waals surface area contributed by atoms with Crippen LogP contribution in [0.4, 0.5) is 5.82 Å². The Morgan fingerprint density at radius 3 is 2.13 bits per heavy atom. The number of rotatable bonds is 5. The third-order valence-electron chi connectivity index (χ3n) is 5.82. The van der Waals surface area contributed by atoms with Crippen LogP contribution >= 0.6 is 0 Å². The molecule has 0 bridgehead atoms. The van der Waals surface area contributed by atoms with E-state index in [2.05, 4.69) is 30.9 Å².